The molecule has 1 fully saturated rings. The van der Waals surface area contributed by atoms with Gasteiger partial charge in [-0.05, 0) is 146 Å². The van der Waals surface area contributed by atoms with Gasteiger partial charge in [-0.1, -0.05) is 51.1 Å². The van der Waals surface area contributed by atoms with Crippen LogP contribution in [0.4, 0.5) is 22.2 Å². The number of hydrogen-bond acceptors (Lipinski definition) is 16. The van der Waals surface area contributed by atoms with Crippen molar-refractivity contribution < 1.29 is 41.8 Å². The lowest BCUT2D eigenvalue weighted by molar-refractivity contribution is -0.147. The lowest BCUT2D eigenvalue weighted by Gasteiger charge is -2.42. The van der Waals surface area contributed by atoms with E-state index in [4.69, 9.17) is 14.2 Å². The second kappa shape index (κ2) is 24.0. The molecule has 6 aromatic rings. The van der Waals surface area contributed by atoms with Crippen molar-refractivity contribution in [3.63, 3.8) is 0 Å². The van der Waals surface area contributed by atoms with Crippen LogP contribution in [0.2, 0.25) is 0 Å². The molecule has 2 aliphatic heterocycles. The van der Waals surface area contributed by atoms with Crippen molar-refractivity contribution in [3.8, 4) is 17.4 Å². The van der Waals surface area contributed by atoms with E-state index in [1.165, 1.54) is 30.2 Å². The molecule has 0 spiro atoms. The quantitative estimate of drug-likeness (QED) is 0.0747. The molecule has 1 aliphatic carbocycles. The van der Waals surface area contributed by atoms with E-state index in [-0.39, 0.29) is 48.1 Å². The van der Waals surface area contributed by atoms with Crippen LogP contribution >= 0.6 is 0 Å². The number of benzene rings is 3. The number of aryl methyl sites for hydroxylation is 2. The first kappa shape index (κ1) is 60.7. The van der Waals surface area contributed by atoms with Gasteiger partial charge in [0, 0.05) is 61.9 Å². The minimum atomic E-state index is -3.89. The molecule has 3 aromatic carbocycles. The molecular formula is C62H80N12O9S. The van der Waals surface area contributed by atoms with Crippen molar-refractivity contribution in [3.05, 3.63) is 107 Å². The van der Waals surface area contributed by atoms with Crippen molar-refractivity contribution in [2.75, 3.05) is 37.0 Å². The number of nitrogens with one attached hydrogen (secondary N) is 4. The highest BCUT2D eigenvalue weighted by Gasteiger charge is 2.44. The van der Waals surface area contributed by atoms with Gasteiger partial charge in [0.25, 0.3) is 0 Å². The molecule has 0 saturated carbocycles. The molecule has 1 saturated heterocycles. The molecule has 0 unspecified atom stereocenters. The lowest BCUT2D eigenvalue weighted by Crippen LogP contribution is -2.62. The van der Waals surface area contributed by atoms with Gasteiger partial charge in [-0.2, -0.15) is 5.10 Å². The maximum absolute atomic E-state index is 15.2. The van der Waals surface area contributed by atoms with Crippen LogP contribution in [0.15, 0.2) is 78.2 Å². The van der Waals surface area contributed by atoms with E-state index < -0.39 is 61.6 Å². The number of sulfone groups is 1. The van der Waals surface area contributed by atoms with Gasteiger partial charge >= 0.3 is 6.09 Å². The van der Waals surface area contributed by atoms with Crippen LogP contribution in [0.25, 0.3) is 10.9 Å². The average Bonchev–Trinajstić information content (AvgIpc) is 2.81. The number of nitrogens with zero attached hydrogens (tertiary/aromatic N) is 8. The maximum atomic E-state index is 15.2. The van der Waals surface area contributed by atoms with Crippen LogP contribution < -0.4 is 30.3 Å². The lowest BCUT2D eigenvalue weighted by atomic mass is 9.83. The summed E-state index contributed by atoms with van der Waals surface area (Å²) in [5.41, 5.74) is 4.61. The van der Waals surface area contributed by atoms with E-state index in [0.29, 0.717) is 53.1 Å². The molecule has 4 amide bonds. The molecule has 0 radical (unpaired) electrons. The van der Waals surface area contributed by atoms with Crippen molar-refractivity contribution in [2.24, 2.45) is 11.3 Å². The highest BCUT2D eigenvalue weighted by molar-refractivity contribution is 7.92. The molecule has 3 aromatic heterocycles. The third-order valence-electron chi connectivity index (χ3n) is 16.2. The predicted molar refractivity (Wildman–Crippen MR) is 320 cm³/mol. The summed E-state index contributed by atoms with van der Waals surface area (Å²) >= 11 is 0. The third kappa shape index (κ3) is 13.4. The normalized spacial score (nSPS) is 17.5. The number of amides is 4. The zero-order chi connectivity index (χ0) is 60.6. The van der Waals surface area contributed by atoms with Gasteiger partial charge < -0.3 is 40.0 Å². The number of hydrogen-bond donors (Lipinski definition) is 4. The molecule has 3 aliphatic rings. The summed E-state index contributed by atoms with van der Waals surface area (Å²) in [7, 11) is -2.41. The van der Waals surface area contributed by atoms with Gasteiger partial charge in [0.15, 0.2) is 15.7 Å². The van der Waals surface area contributed by atoms with Crippen LogP contribution in [-0.2, 0) is 48.3 Å². The zero-order valence-corrected chi connectivity index (χ0v) is 51.4. The fourth-order valence-electron chi connectivity index (χ4n) is 10.8. The Kier molecular flexibility index (Phi) is 17.3. The first-order valence-electron chi connectivity index (χ1n) is 28.8. The van der Waals surface area contributed by atoms with E-state index >= 15 is 4.79 Å². The van der Waals surface area contributed by atoms with Crippen LogP contribution in [0.1, 0.15) is 134 Å². The number of likely N-dealkylation sites (N-methyl/N-ethyl adjacent to an activating group) is 1. The minimum Gasteiger partial charge on any atom is -0.492 e. The Balaban J connectivity index is 0.897. The number of aromatic amines is 1. The number of aromatic nitrogens is 6. The largest absolute Gasteiger partial charge is 0.492 e. The predicted octanol–water partition coefficient (Wildman–Crippen LogP) is 9.40. The Labute approximate surface area is 492 Å². The van der Waals surface area contributed by atoms with Gasteiger partial charge in [0.05, 0.1) is 22.9 Å². The number of H-pyrrole nitrogens is 1. The fraction of sp³-hybridized carbons (Fsp3) is 0.500. The van der Waals surface area contributed by atoms with Gasteiger partial charge in [-0.3, -0.25) is 24.4 Å². The Morgan fingerprint density at radius 1 is 0.845 bits per heavy atom. The highest BCUT2D eigenvalue weighted by Crippen LogP contribution is 2.39. The maximum Gasteiger partial charge on any atom is 0.410 e. The number of carbonyl (C=O) groups excluding carboxylic acids is 4. The van der Waals surface area contributed by atoms with Gasteiger partial charge in [-0.15, -0.1) is 0 Å². The van der Waals surface area contributed by atoms with Crippen LogP contribution in [0.5, 0.6) is 17.4 Å². The monoisotopic (exact) mass is 1170 g/mol. The summed E-state index contributed by atoms with van der Waals surface area (Å²) in [5, 5.41) is 17.3. The van der Waals surface area contributed by atoms with E-state index in [1.54, 1.807) is 71.6 Å². The fourth-order valence-corrected chi connectivity index (χ4v) is 12.1. The molecule has 5 heterocycles. The Bertz CT molecular complexity index is 3560. The summed E-state index contributed by atoms with van der Waals surface area (Å²) in [5.74, 6) is 1.49. The van der Waals surface area contributed by atoms with E-state index in [9.17, 15) is 22.8 Å². The van der Waals surface area contributed by atoms with Crippen LogP contribution in [0.3, 0.4) is 0 Å². The molecule has 4 N–H and O–H groups in total. The molecule has 9 rings (SSSR count). The number of piperidine rings is 1. The van der Waals surface area contributed by atoms with E-state index in [2.05, 4.69) is 57.0 Å². The number of anilines is 3. The second-order valence-corrected chi connectivity index (χ2v) is 28.2. The summed E-state index contributed by atoms with van der Waals surface area (Å²) in [4.78, 5) is 80.0. The smallest absolute Gasteiger partial charge is 0.410 e. The molecule has 22 heteroatoms. The van der Waals surface area contributed by atoms with Gasteiger partial charge in [-0.25, -0.2) is 33.1 Å². The zero-order valence-electron chi connectivity index (χ0n) is 50.5. The molecule has 84 heavy (non-hydrogen) atoms. The Hall–Kier alpha value is -7.88. The molecule has 21 nitrogen and oxygen atoms in total. The topological polar surface area (TPSA) is 256 Å². The van der Waals surface area contributed by atoms with Crippen LogP contribution in [-0.4, -0.2) is 127 Å². The van der Waals surface area contributed by atoms with Gasteiger partial charge in [0.2, 0.25) is 23.6 Å². The molecule has 448 valence electrons. The van der Waals surface area contributed by atoms with Crippen molar-refractivity contribution in [1.82, 2.24) is 50.6 Å². The average molecular weight is 1170 g/mol. The first-order valence-corrected chi connectivity index (χ1v) is 30.3. The first-order chi connectivity index (χ1) is 39.6. The number of rotatable bonds is 15. The Morgan fingerprint density at radius 2 is 1.57 bits per heavy atom. The number of fused-ring (bicyclic) bond motifs is 3. The SMILES string of the molecule is Cc1[nH]nc(Nc2ncnc3cc(OCC4CCN(c5cc(Oc6ccc7c(c6)CN(C(=O)[C@@H](NC(=O)[C@H](C)N(C)C(=O)OC(C)(C)C)C(C)(C)C)[C@H](C(=O)N[C@@H]6CCCc8ccccc86)C7)ncn5)CC4)c(S(=O)(=O)C(C)(C)C)cc23)c1C. The van der Waals surface area contributed by atoms with E-state index in [1.807, 2.05) is 71.0 Å². The number of carbonyl (C=O) groups is 4. The van der Waals surface area contributed by atoms with Crippen molar-refractivity contribution >= 4 is 62.0 Å². The van der Waals surface area contributed by atoms with Crippen molar-refractivity contribution in [1.29, 1.82) is 0 Å². The van der Waals surface area contributed by atoms with E-state index in [0.717, 1.165) is 60.1 Å². The molecular weight excluding hydrogens is 1090 g/mol. The molecule has 0 bridgehead atoms. The summed E-state index contributed by atoms with van der Waals surface area (Å²) < 4.78 is 45.6. The third-order valence-corrected chi connectivity index (χ3v) is 18.7. The standard InChI is InChI=1S/C62H80N12O9S/c1-36-37(2)70-71-54(36)69-55-45-29-50(84(79,80)62(10,11)12)49(30-47(45)63-34-66-55)81-33-39-23-25-73(26-24-39)51-31-52(65-35-64-51)82-43-22-21-41-28-48(57(76)67-46-20-16-18-40-17-14-15-19-44(40)46)74(32-42(41)27-43)58(77)53(60(4,5)6)68-56(75)38(3)72(13)59(78)83-61(7,8)9/h14-15,17,19,21-22,27,29-31,34-35,38-39,46,48,53H,16,18,20,23-26,28,32-33H2,1-13H3,(H,67,76)(H,68,75)(H2,63,66,69,70,71)/t38-,46+,48-,53+/m0/s1. The summed E-state index contributed by atoms with van der Waals surface area (Å²) in [6, 6.07) is 15.6. The Morgan fingerprint density at radius 3 is 2.26 bits per heavy atom. The van der Waals surface area contributed by atoms with Crippen LogP contribution in [0, 0.1) is 25.2 Å². The van der Waals surface area contributed by atoms with Gasteiger partial charge in [0.1, 0.15) is 64.4 Å². The minimum absolute atomic E-state index is 0.0433. The summed E-state index contributed by atoms with van der Waals surface area (Å²) in [6.45, 7) is 22.8. The number of ether oxygens (including phenoxy) is 3. The molecule has 4 atom stereocenters. The highest BCUT2D eigenvalue weighted by atomic mass is 32.2. The van der Waals surface area contributed by atoms with Crippen molar-refractivity contribution in [2.45, 2.75) is 168 Å². The summed E-state index contributed by atoms with van der Waals surface area (Å²) in [6.07, 6.45) is 6.48. The second-order valence-electron chi connectivity index (χ2n) is 25.5.